The smallest absolute Gasteiger partial charge is 0.295 e. The van der Waals surface area contributed by atoms with Gasteiger partial charge in [0.05, 0.1) is 37.9 Å². The fourth-order valence-electron chi connectivity index (χ4n) is 4.37. The fourth-order valence-corrected chi connectivity index (χ4v) is 4.62. The Labute approximate surface area is 197 Å². The van der Waals surface area contributed by atoms with Gasteiger partial charge in [-0.05, 0) is 35.4 Å². The predicted octanol–water partition coefficient (Wildman–Crippen LogP) is 0.273. The summed E-state index contributed by atoms with van der Waals surface area (Å²) in [6.07, 6.45) is 3.89. The Morgan fingerprint density at radius 1 is 1.24 bits per heavy atom. The summed E-state index contributed by atoms with van der Waals surface area (Å²) in [7, 11) is 1.48. The molecule has 1 aromatic heterocycles. The highest BCUT2D eigenvalue weighted by Crippen LogP contribution is 2.39. The van der Waals surface area contributed by atoms with E-state index in [1.54, 1.807) is 36.7 Å². The third kappa shape index (κ3) is 4.88. The van der Waals surface area contributed by atoms with Crippen LogP contribution >= 0.6 is 11.6 Å². The summed E-state index contributed by atoms with van der Waals surface area (Å²) in [6, 6.07) is 7.27. The summed E-state index contributed by atoms with van der Waals surface area (Å²) >= 11 is 6.20. The second kappa shape index (κ2) is 10.3. The van der Waals surface area contributed by atoms with E-state index in [1.165, 1.54) is 23.0 Å². The molecule has 174 valence electrons. The number of pyridine rings is 1. The molecule has 0 radical (unpaired) electrons. The van der Waals surface area contributed by atoms with Gasteiger partial charge in [-0.1, -0.05) is 23.4 Å². The van der Waals surface area contributed by atoms with E-state index in [4.69, 9.17) is 21.1 Å². The number of hydrogen-bond acceptors (Lipinski definition) is 6. The van der Waals surface area contributed by atoms with Crippen molar-refractivity contribution in [1.29, 1.82) is 0 Å². The van der Waals surface area contributed by atoms with Crippen LogP contribution < -0.4 is 14.7 Å². The summed E-state index contributed by atoms with van der Waals surface area (Å²) in [6.45, 7) is 4.55. The maximum Gasteiger partial charge on any atom is 0.295 e. The Morgan fingerprint density at radius 2 is 1.97 bits per heavy atom. The first-order chi connectivity index (χ1) is 16.0. The van der Waals surface area contributed by atoms with Gasteiger partial charge in [-0.2, -0.15) is 0 Å². The van der Waals surface area contributed by atoms with Crippen molar-refractivity contribution < 1.29 is 29.1 Å². The zero-order valence-corrected chi connectivity index (χ0v) is 19.1. The lowest BCUT2D eigenvalue weighted by molar-refractivity contribution is -0.908. The van der Waals surface area contributed by atoms with E-state index in [2.05, 4.69) is 4.98 Å². The average Bonchev–Trinajstić information content (AvgIpc) is 3.10. The molecule has 3 heterocycles. The van der Waals surface area contributed by atoms with Crippen molar-refractivity contribution in [2.24, 2.45) is 0 Å². The molecule has 4 rings (SSSR count). The lowest BCUT2D eigenvalue weighted by atomic mass is 9.96. The molecular formula is C24H26ClN3O5. The van der Waals surface area contributed by atoms with Gasteiger partial charge in [0.1, 0.15) is 18.8 Å². The monoisotopic (exact) mass is 471 g/mol. The molecule has 0 saturated carbocycles. The molecule has 33 heavy (non-hydrogen) atoms. The number of morpholine rings is 1. The highest BCUT2D eigenvalue weighted by molar-refractivity contribution is 6.46. The minimum absolute atomic E-state index is 0.0637. The average molecular weight is 472 g/mol. The number of rotatable bonds is 7. The molecule has 9 heteroatoms. The Morgan fingerprint density at radius 3 is 2.64 bits per heavy atom. The highest BCUT2D eigenvalue weighted by atomic mass is 35.5. The van der Waals surface area contributed by atoms with Crippen LogP contribution in [0.3, 0.4) is 0 Å². The van der Waals surface area contributed by atoms with Crippen LogP contribution in [0.25, 0.3) is 5.76 Å². The third-order valence-corrected chi connectivity index (χ3v) is 6.39. The lowest BCUT2D eigenvalue weighted by Gasteiger charge is -2.29. The molecule has 0 aliphatic carbocycles. The number of quaternary nitrogens is 1. The van der Waals surface area contributed by atoms with Crippen molar-refractivity contribution in [3.63, 3.8) is 0 Å². The van der Waals surface area contributed by atoms with Gasteiger partial charge in [-0.25, -0.2) is 0 Å². The maximum absolute atomic E-state index is 13.4. The Hall–Kier alpha value is -2.94. The maximum atomic E-state index is 13.4. The minimum atomic E-state index is -0.771. The van der Waals surface area contributed by atoms with Gasteiger partial charge in [0, 0.05) is 30.9 Å². The number of aromatic nitrogens is 1. The predicted molar refractivity (Wildman–Crippen MR) is 120 cm³/mol. The van der Waals surface area contributed by atoms with Crippen molar-refractivity contribution in [3.8, 4) is 5.75 Å². The van der Waals surface area contributed by atoms with Gasteiger partial charge in [-0.3, -0.25) is 14.6 Å². The van der Waals surface area contributed by atoms with Gasteiger partial charge < -0.3 is 24.4 Å². The largest absolute Gasteiger partial charge is 0.872 e. The number of benzene rings is 1. The number of nitrogens with one attached hydrogen (secondary N) is 1. The number of Topliss-reactive ketones (excluding diaryl/α,β-unsaturated/α-hetero) is 1. The highest BCUT2D eigenvalue weighted by Gasteiger charge is 2.44. The molecular weight excluding hydrogens is 446 g/mol. The quantitative estimate of drug-likeness (QED) is 0.354. The first-order valence-corrected chi connectivity index (χ1v) is 11.3. The summed E-state index contributed by atoms with van der Waals surface area (Å²) < 4.78 is 10.5. The van der Waals surface area contributed by atoms with E-state index in [-0.39, 0.29) is 16.2 Å². The first kappa shape index (κ1) is 23.2. The van der Waals surface area contributed by atoms with Gasteiger partial charge >= 0.3 is 0 Å². The molecule has 0 bridgehead atoms. The molecule has 2 aromatic rings. The Kier molecular flexibility index (Phi) is 7.27. The zero-order chi connectivity index (χ0) is 23.4. The topological polar surface area (TPSA) is 96.2 Å². The number of carbonyl (C=O) groups is 2. The van der Waals surface area contributed by atoms with Crippen molar-refractivity contribution >= 4 is 29.1 Å². The molecule has 2 fully saturated rings. The van der Waals surface area contributed by atoms with Crippen LogP contribution in [0.1, 0.15) is 23.6 Å². The van der Waals surface area contributed by atoms with Crippen molar-refractivity contribution in [2.75, 3.05) is 46.5 Å². The van der Waals surface area contributed by atoms with Gasteiger partial charge in [0.15, 0.2) is 0 Å². The van der Waals surface area contributed by atoms with Crippen LogP contribution in [-0.4, -0.2) is 68.1 Å². The molecule has 1 unspecified atom stereocenters. The van der Waals surface area contributed by atoms with Crippen molar-refractivity contribution in [2.45, 2.75) is 12.5 Å². The van der Waals surface area contributed by atoms with Crippen LogP contribution in [0.2, 0.25) is 5.02 Å². The molecule has 1 aromatic carbocycles. The molecule has 2 aliphatic heterocycles. The molecule has 8 nitrogen and oxygen atoms in total. The number of ketones is 1. The van der Waals surface area contributed by atoms with Crippen LogP contribution in [0.15, 0.2) is 48.3 Å². The molecule has 1 atom stereocenters. The van der Waals surface area contributed by atoms with Crippen LogP contribution in [-0.2, 0) is 14.3 Å². The van der Waals surface area contributed by atoms with Crippen LogP contribution in [0.5, 0.6) is 5.75 Å². The number of likely N-dealkylation sites (tertiary alicyclic amines) is 1. The number of methoxy groups -OCH3 is 1. The molecule has 2 aliphatic rings. The number of nitrogens with zero attached hydrogens (tertiary/aromatic N) is 2. The summed E-state index contributed by atoms with van der Waals surface area (Å²) in [5, 5.41) is 13.7. The van der Waals surface area contributed by atoms with E-state index in [9.17, 15) is 14.7 Å². The normalized spacial score (nSPS) is 20.9. The summed E-state index contributed by atoms with van der Waals surface area (Å²) in [5.41, 5.74) is 0.840. The summed E-state index contributed by atoms with van der Waals surface area (Å²) in [4.78, 5) is 33.0. The van der Waals surface area contributed by atoms with E-state index in [1.807, 2.05) is 0 Å². The third-order valence-electron chi connectivity index (χ3n) is 6.09. The summed E-state index contributed by atoms with van der Waals surface area (Å²) in [5.74, 6) is -1.52. The van der Waals surface area contributed by atoms with Gasteiger partial charge in [-0.15, -0.1) is 0 Å². The van der Waals surface area contributed by atoms with Crippen LogP contribution in [0, 0.1) is 0 Å². The first-order valence-electron chi connectivity index (χ1n) is 10.9. The van der Waals surface area contributed by atoms with Crippen molar-refractivity contribution in [3.05, 3.63) is 64.4 Å². The van der Waals surface area contributed by atoms with Gasteiger partial charge in [0.2, 0.25) is 5.78 Å². The SMILES string of the molecule is COc1ccc(C([O-])=C2C(=O)C(=O)N(CCC[NH+]3CCOCC3)C2c2ccncc2)cc1Cl. The minimum Gasteiger partial charge on any atom is -0.872 e. The van der Waals surface area contributed by atoms with E-state index >= 15 is 0 Å². The molecule has 0 spiro atoms. The number of halogens is 1. The number of ether oxygens (including phenoxy) is 2. The molecule has 2 saturated heterocycles. The van der Waals surface area contributed by atoms with Gasteiger partial charge in [0.25, 0.3) is 5.91 Å². The van der Waals surface area contributed by atoms with E-state index in [0.717, 1.165) is 32.8 Å². The second-order valence-corrected chi connectivity index (χ2v) is 8.48. The Bertz CT molecular complexity index is 1050. The Balaban J connectivity index is 1.66. The number of carbonyl (C=O) groups excluding carboxylic acids is 2. The standard InChI is InChI=1S/C24H26ClN3O5/c1-32-19-4-3-17(15-18(19)25)22(29)20-21(16-5-7-26-8-6-16)28(24(31)23(20)30)10-2-9-27-11-13-33-14-12-27/h3-8,15,21,29H,2,9-14H2,1H3. The lowest BCUT2D eigenvalue weighted by Crippen LogP contribution is -3.14. The van der Waals surface area contributed by atoms with E-state index in [0.29, 0.717) is 24.3 Å². The number of hydrogen-bond donors (Lipinski definition) is 1. The fraction of sp³-hybridized carbons (Fsp3) is 0.375. The number of amides is 1. The molecule has 1 amide bonds. The van der Waals surface area contributed by atoms with Crippen LogP contribution in [0.4, 0.5) is 0 Å². The van der Waals surface area contributed by atoms with Crippen molar-refractivity contribution in [1.82, 2.24) is 9.88 Å². The van der Waals surface area contributed by atoms with E-state index < -0.39 is 23.5 Å². The zero-order valence-electron chi connectivity index (χ0n) is 18.4. The second-order valence-electron chi connectivity index (χ2n) is 8.07. The molecule has 1 N–H and O–H groups in total.